The van der Waals surface area contributed by atoms with Crippen LogP contribution in [0.1, 0.15) is 25.3 Å². The molecule has 1 N–H and O–H groups in total. The average Bonchev–Trinajstić information content (AvgIpc) is 2.63. The van der Waals surface area contributed by atoms with E-state index < -0.39 is 17.8 Å². The number of carbonyl (C=O) groups is 1. The Morgan fingerprint density at radius 3 is 2.40 bits per heavy atom. The number of dihydropyridines is 1. The van der Waals surface area contributed by atoms with Crippen molar-refractivity contribution in [2.75, 3.05) is 6.61 Å². The SMILES string of the molecule is CCOC(=O)C1=C(C)NC(C#N)=C(C(C#N)C#N)C1c1ccccc1. The van der Waals surface area contributed by atoms with Crippen LogP contribution in [0.5, 0.6) is 0 Å². The van der Waals surface area contributed by atoms with Gasteiger partial charge in [0.2, 0.25) is 0 Å². The normalized spacial score (nSPS) is 16.6. The van der Waals surface area contributed by atoms with Gasteiger partial charge in [-0.15, -0.1) is 0 Å². The van der Waals surface area contributed by atoms with E-state index in [1.165, 1.54) is 0 Å². The second-order valence-electron chi connectivity index (χ2n) is 5.36. The van der Waals surface area contributed by atoms with Crippen LogP contribution < -0.4 is 5.32 Å². The van der Waals surface area contributed by atoms with Gasteiger partial charge >= 0.3 is 5.97 Å². The van der Waals surface area contributed by atoms with Crippen molar-refractivity contribution in [2.45, 2.75) is 19.8 Å². The molecule has 0 spiro atoms. The van der Waals surface area contributed by atoms with Crippen LogP contribution in [-0.4, -0.2) is 12.6 Å². The Hall–Kier alpha value is -3.56. The molecular formula is C19H16N4O2. The highest BCUT2D eigenvalue weighted by molar-refractivity contribution is 5.93. The van der Waals surface area contributed by atoms with Crippen LogP contribution in [-0.2, 0) is 9.53 Å². The summed E-state index contributed by atoms with van der Waals surface area (Å²) >= 11 is 0. The third-order valence-corrected chi connectivity index (χ3v) is 3.91. The number of esters is 1. The molecule has 0 radical (unpaired) electrons. The fourth-order valence-corrected chi connectivity index (χ4v) is 2.89. The Morgan fingerprint density at radius 2 is 1.88 bits per heavy atom. The molecule has 2 rings (SSSR count). The summed E-state index contributed by atoms with van der Waals surface area (Å²) in [5.74, 6) is -2.39. The van der Waals surface area contributed by atoms with Crippen LogP contribution >= 0.6 is 0 Å². The lowest BCUT2D eigenvalue weighted by molar-refractivity contribution is -0.138. The van der Waals surface area contributed by atoms with Gasteiger partial charge in [0.25, 0.3) is 0 Å². The van der Waals surface area contributed by atoms with Crippen LogP contribution in [0.3, 0.4) is 0 Å². The lowest BCUT2D eigenvalue weighted by Gasteiger charge is -2.30. The van der Waals surface area contributed by atoms with E-state index in [-0.39, 0.29) is 17.9 Å². The lowest BCUT2D eigenvalue weighted by atomic mass is 9.76. The second kappa shape index (κ2) is 7.81. The summed E-state index contributed by atoms with van der Waals surface area (Å²) in [6.07, 6.45) is 0. The average molecular weight is 332 g/mol. The quantitative estimate of drug-likeness (QED) is 0.849. The monoisotopic (exact) mass is 332 g/mol. The molecule has 0 fully saturated rings. The number of rotatable bonds is 4. The predicted molar refractivity (Wildman–Crippen MR) is 89.0 cm³/mol. The summed E-state index contributed by atoms with van der Waals surface area (Å²) in [4.78, 5) is 12.5. The van der Waals surface area contributed by atoms with Crippen molar-refractivity contribution < 1.29 is 9.53 Å². The van der Waals surface area contributed by atoms with Gasteiger partial charge in [0.1, 0.15) is 11.8 Å². The molecule has 1 unspecified atom stereocenters. The van der Waals surface area contributed by atoms with Gasteiger partial charge in [-0.1, -0.05) is 30.3 Å². The van der Waals surface area contributed by atoms with Gasteiger partial charge in [0.15, 0.2) is 5.92 Å². The largest absolute Gasteiger partial charge is 0.463 e. The van der Waals surface area contributed by atoms with E-state index in [0.29, 0.717) is 16.8 Å². The van der Waals surface area contributed by atoms with E-state index in [4.69, 9.17) is 4.74 Å². The zero-order valence-corrected chi connectivity index (χ0v) is 13.9. The summed E-state index contributed by atoms with van der Waals surface area (Å²) in [7, 11) is 0. The smallest absolute Gasteiger partial charge is 0.336 e. The molecule has 1 aromatic carbocycles. The van der Waals surface area contributed by atoms with Gasteiger partial charge < -0.3 is 10.1 Å². The maximum absolute atomic E-state index is 12.5. The molecule has 0 bridgehead atoms. The van der Waals surface area contributed by atoms with E-state index >= 15 is 0 Å². The third kappa shape index (κ3) is 3.37. The number of carbonyl (C=O) groups excluding carboxylic acids is 1. The fraction of sp³-hybridized carbons (Fsp3) is 0.263. The number of benzene rings is 1. The molecule has 1 heterocycles. The Kier molecular flexibility index (Phi) is 5.56. The molecule has 6 heteroatoms. The number of ether oxygens (including phenoxy) is 1. The number of nitrogens with one attached hydrogen (secondary N) is 1. The van der Waals surface area contributed by atoms with Crippen molar-refractivity contribution in [3.8, 4) is 18.2 Å². The van der Waals surface area contributed by atoms with Gasteiger partial charge in [-0.25, -0.2) is 4.79 Å². The van der Waals surface area contributed by atoms with E-state index in [1.54, 1.807) is 38.1 Å². The van der Waals surface area contributed by atoms with Crippen molar-refractivity contribution in [3.63, 3.8) is 0 Å². The molecule has 25 heavy (non-hydrogen) atoms. The second-order valence-corrected chi connectivity index (χ2v) is 5.36. The summed E-state index contributed by atoms with van der Waals surface area (Å²) in [5, 5.41) is 31.1. The summed E-state index contributed by atoms with van der Waals surface area (Å²) in [5.41, 5.74) is 1.88. The van der Waals surface area contributed by atoms with Crippen LogP contribution in [0.2, 0.25) is 0 Å². The lowest BCUT2D eigenvalue weighted by Crippen LogP contribution is -2.31. The minimum Gasteiger partial charge on any atom is -0.463 e. The van der Waals surface area contributed by atoms with Crippen LogP contribution in [0, 0.1) is 39.9 Å². The minimum absolute atomic E-state index is 0.118. The third-order valence-electron chi connectivity index (χ3n) is 3.91. The standard InChI is InChI=1S/C19H16N4O2/c1-3-25-19(24)16-12(2)23-15(11-22)17(14(9-20)10-21)18(16)13-7-5-4-6-8-13/h4-8,14,18,23H,3H2,1-2H3. The van der Waals surface area contributed by atoms with Crippen molar-refractivity contribution in [3.05, 3.63) is 58.4 Å². The molecule has 1 atom stereocenters. The highest BCUT2D eigenvalue weighted by Gasteiger charge is 2.38. The molecule has 6 nitrogen and oxygen atoms in total. The van der Waals surface area contributed by atoms with Crippen molar-refractivity contribution in [1.29, 1.82) is 15.8 Å². The molecule has 1 aliphatic rings. The van der Waals surface area contributed by atoms with Crippen molar-refractivity contribution in [1.82, 2.24) is 5.32 Å². The first-order valence-corrected chi connectivity index (χ1v) is 7.72. The first-order valence-electron chi connectivity index (χ1n) is 7.72. The molecule has 0 saturated heterocycles. The van der Waals surface area contributed by atoms with Gasteiger partial charge in [-0.2, -0.15) is 15.8 Å². The van der Waals surface area contributed by atoms with Gasteiger partial charge in [-0.3, -0.25) is 0 Å². The Bertz CT molecular complexity index is 849. The Balaban J connectivity index is 2.74. The fourth-order valence-electron chi connectivity index (χ4n) is 2.89. The molecule has 0 saturated carbocycles. The summed E-state index contributed by atoms with van der Waals surface area (Å²) in [6, 6.07) is 14.8. The molecule has 124 valence electrons. The minimum atomic E-state index is -1.16. The zero-order valence-electron chi connectivity index (χ0n) is 13.9. The highest BCUT2D eigenvalue weighted by atomic mass is 16.5. The Labute approximate surface area is 146 Å². The highest BCUT2D eigenvalue weighted by Crippen LogP contribution is 2.41. The van der Waals surface area contributed by atoms with Crippen LogP contribution in [0.15, 0.2) is 52.9 Å². The number of hydrogen-bond acceptors (Lipinski definition) is 6. The molecule has 0 amide bonds. The number of nitriles is 3. The Morgan fingerprint density at radius 1 is 1.24 bits per heavy atom. The van der Waals surface area contributed by atoms with Crippen LogP contribution in [0.25, 0.3) is 0 Å². The zero-order chi connectivity index (χ0) is 18.4. The van der Waals surface area contributed by atoms with Gasteiger partial charge in [-0.05, 0) is 19.4 Å². The predicted octanol–water partition coefficient (Wildman–Crippen LogP) is 2.65. The first-order chi connectivity index (χ1) is 12.1. The molecule has 0 aromatic heterocycles. The summed E-state index contributed by atoms with van der Waals surface area (Å²) < 4.78 is 5.16. The maximum atomic E-state index is 12.5. The van der Waals surface area contributed by atoms with E-state index in [1.807, 2.05) is 24.3 Å². The van der Waals surface area contributed by atoms with Crippen molar-refractivity contribution in [2.24, 2.45) is 5.92 Å². The molecule has 0 aliphatic carbocycles. The van der Waals surface area contributed by atoms with E-state index in [9.17, 15) is 20.6 Å². The van der Waals surface area contributed by atoms with Crippen molar-refractivity contribution >= 4 is 5.97 Å². The molecule has 1 aliphatic heterocycles. The number of nitrogens with zero attached hydrogens (tertiary/aromatic N) is 3. The number of hydrogen-bond donors (Lipinski definition) is 1. The first kappa shape index (κ1) is 17.8. The maximum Gasteiger partial charge on any atom is 0.336 e. The topological polar surface area (TPSA) is 110 Å². The number of allylic oxidation sites excluding steroid dienone is 3. The van der Waals surface area contributed by atoms with Crippen LogP contribution in [0.4, 0.5) is 0 Å². The summed E-state index contributed by atoms with van der Waals surface area (Å²) in [6.45, 7) is 3.57. The van der Waals surface area contributed by atoms with Gasteiger partial charge in [0.05, 0.1) is 24.3 Å². The van der Waals surface area contributed by atoms with Gasteiger partial charge in [0, 0.05) is 17.2 Å². The van der Waals surface area contributed by atoms with E-state index in [0.717, 1.165) is 0 Å². The molecular weight excluding hydrogens is 316 g/mol. The van der Waals surface area contributed by atoms with E-state index in [2.05, 4.69) is 5.32 Å². The molecule has 1 aromatic rings.